The molecule has 31 heavy (non-hydrogen) atoms. The number of aliphatic hydroxyl groups excluding tert-OH is 1. The molecule has 3 aliphatic rings. The summed E-state index contributed by atoms with van der Waals surface area (Å²) in [6, 6.07) is 14.1. The molecule has 2 bridgehead atoms. The van der Waals surface area contributed by atoms with E-state index in [0.717, 1.165) is 18.4 Å². The Balaban J connectivity index is 1.44. The van der Waals surface area contributed by atoms with Crippen LogP contribution in [0.2, 0.25) is 0 Å². The fraction of sp³-hybridized carbons (Fsp3) is 0.458. The summed E-state index contributed by atoms with van der Waals surface area (Å²) in [5.74, 6) is -1.09. The maximum absolute atomic E-state index is 13.3. The van der Waals surface area contributed by atoms with Crippen molar-refractivity contribution in [1.82, 2.24) is 14.8 Å². The molecule has 0 radical (unpaired) electrons. The fourth-order valence-electron chi connectivity index (χ4n) is 5.29. The Kier molecular flexibility index (Phi) is 5.14. The number of pyridine rings is 1. The van der Waals surface area contributed by atoms with E-state index in [4.69, 9.17) is 0 Å². The lowest BCUT2D eigenvalue weighted by Crippen LogP contribution is -2.49. The minimum absolute atomic E-state index is 0.00576. The first-order valence-corrected chi connectivity index (χ1v) is 11.0. The second-order valence-corrected chi connectivity index (χ2v) is 8.83. The van der Waals surface area contributed by atoms with Crippen molar-refractivity contribution < 1.29 is 14.7 Å². The van der Waals surface area contributed by atoms with Gasteiger partial charge in [0.2, 0.25) is 11.8 Å². The van der Waals surface area contributed by atoms with Gasteiger partial charge in [0.05, 0.1) is 18.0 Å². The molecule has 1 aliphatic carbocycles. The molecule has 1 saturated heterocycles. The molecule has 2 aliphatic heterocycles. The van der Waals surface area contributed by atoms with Gasteiger partial charge in [0.15, 0.2) is 0 Å². The van der Waals surface area contributed by atoms with Crippen molar-refractivity contribution >= 4 is 11.8 Å². The van der Waals surface area contributed by atoms with Gasteiger partial charge in [-0.25, -0.2) is 0 Å². The van der Waals surface area contributed by atoms with Gasteiger partial charge in [0, 0.05) is 43.3 Å². The van der Waals surface area contributed by atoms with Crippen LogP contribution in [-0.4, -0.2) is 45.6 Å². The molecule has 162 valence electrons. The molecule has 4 atom stereocenters. The van der Waals surface area contributed by atoms with Gasteiger partial charge in [-0.15, -0.1) is 0 Å². The summed E-state index contributed by atoms with van der Waals surface area (Å²) in [5, 5.41) is 13.3. The summed E-state index contributed by atoms with van der Waals surface area (Å²) in [5.41, 5.74) is 1.69. The molecule has 2 N–H and O–H groups in total. The van der Waals surface area contributed by atoms with Crippen LogP contribution in [0, 0.1) is 17.8 Å². The van der Waals surface area contributed by atoms with Gasteiger partial charge in [-0.05, 0) is 30.9 Å². The summed E-state index contributed by atoms with van der Waals surface area (Å²) in [6.45, 7) is 0.602. The number of aliphatic hydroxyl groups is 1. The topological polar surface area (TPSA) is 91.6 Å². The van der Waals surface area contributed by atoms with Crippen LogP contribution >= 0.6 is 0 Å². The highest BCUT2D eigenvalue weighted by Crippen LogP contribution is 2.50. The lowest BCUT2D eigenvalue weighted by atomic mass is 9.86. The summed E-state index contributed by atoms with van der Waals surface area (Å²) >= 11 is 0. The highest BCUT2D eigenvalue weighted by atomic mass is 16.3. The van der Waals surface area contributed by atoms with Gasteiger partial charge in [-0.2, -0.15) is 0 Å². The Morgan fingerprint density at radius 2 is 1.84 bits per heavy atom. The molecular formula is C24H27N3O4. The predicted molar refractivity (Wildman–Crippen MR) is 114 cm³/mol. The number of hydrogen-bond donors (Lipinski definition) is 2. The first kappa shape index (κ1) is 20.0. The molecule has 1 aromatic heterocycles. The molecule has 2 aromatic rings. The van der Waals surface area contributed by atoms with Crippen LogP contribution in [0.3, 0.4) is 0 Å². The third-order valence-corrected chi connectivity index (χ3v) is 6.96. The van der Waals surface area contributed by atoms with E-state index in [-0.39, 0.29) is 35.9 Å². The smallest absolute Gasteiger partial charge is 0.250 e. The molecule has 5 rings (SSSR count). The number of benzene rings is 1. The van der Waals surface area contributed by atoms with Crippen molar-refractivity contribution in [2.45, 2.75) is 37.9 Å². The molecule has 3 heterocycles. The average Bonchev–Trinajstić information content (AvgIpc) is 3.59. The number of carbonyl (C=O) groups excluding carboxylic acids is 2. The molecule has 2 amide bonds. The van der Waals surface area contributed by atoms with E-state index in [2.05, 4.69) is 5.32 Å². The molecule has 7 heteroatoms. The Morgan fingerprint density at radius 1 is 1.06 bits per heavy atom. The number of nitrogens with zero attached hydrogens (tertiary/aromatic N) is 2. The average molecular weight is 421 g/mol. The quantitative estimate of drug-likeness (QED) is 0.731. The summed E-state index contributed by atoms with van der Waals surface area (Å²) < 4.78 is 1.67. The highest BCUT2D eigenvalue weighted by Gasteiger charge is 2.58. The second kappa shape index (κ2) is 7.96. The number of amides is 2. The summed E-state index contributed by atoms with van der Waals surface area (Å²) in [7, 11) is 0. The molecular weight excluding hydrogens is 394 g/mol. The van der Waals surface area contributed by atoms with Crippen molar-refractivity contribution in [3.05, 3.63) is 70.1 Å². The maximum Gasteiger partial charge on any atom is 0.250 e. The van der Waals surface area contributed by atoms with Gasteiger partial charge >= 0.3 is 0 Å². The number of carbonyl (C=O) groups is 2. The lowest BCUT2D eigenvalue weighted by Gasteiger charge is -2.38. The number of rotatable bonds is 6. The lowest BCUT2D eigenvalue weighted by molar-refractivity contribution is -0.138. The molecule has 2 fully saturated rings. The Labute approximate surface area is 180 Å². The predicted octanol–water partition coefficient (Wildman–Crippen LogP) is 1.11. The van der Waals surface area contributed by atoms with Crippen LogP contribution in [-0.2, 0) is 22.6 Å². The van der Waals surface area contributed by atoms with Crippen molar-refractivity contribution in [2.75, 3.05) is 13.2 Å². The molecule has 0 unspecified atom stereocenters. The normalized spacial score (nSPS) is 26.4. The molecule has 1 aromatic carbocycles. The van der Waals surface area contributed by atoms with E-state index in [1.165, 1.54) is 6.07 Å². The zero-order chi connectivity index (χ0) is 21.5. The maximum atomic E-state index is 13.3. The highest BCUT2D eigenvalue weighted by molar-refractivity contribution is 5.86. The second-order valence-electron chi connectivity index (χ2n) is 8.83. The number of hydrogen-bond acceptors (Lipinski definition) is 4. The third-order valence-electron chi connectivity index (χ3n) is 6.96. The van der Waals surface area contributed by atoms with Gasteiger partial charge in [-0.3, -0.25) is 14.4 Å². The Bertz CT molecular complexity index is 1050. The summed E-state index contributed by atoms with van der Waals surface area (Å²) in [6.07, 6.45) is 2.44. The van der Waals surface area contributed by atoms with Crippen LogP contribution < -0.4 is 10.9 Å². The molecule has 7 nitrogen and oxygen atoms in total. The van der Waals surface area contributed by atoms with E-state index in [1.807, 2.05) is 41.3 Å². The van der Waals surface area contributed by atoms with Gasteiger partial charge in [-0.1, -0.05) is 36.4 Å². The van der Waals surface area contributed by atoms with E-state index >= 15 is 0 Å². The number of aromatic nitrogens is 1. The zero-order valence-corrected chi connectivity index (χ0v) is 17.3. The van der Waals surface area contributed by atoms with E-state index in [9.17, 15) is 19.5 Å². The zero-order valence-electron chi connectivity index (χ0n) is 17.3. The van der Waals surface area contributed by atoms with E-state index in [0.29, 0.717) is 25.2 Å². The van der Waals surface area contributed by atoms with Gasteiger partial charge in [0.1, 0.15) is 0 Å². The minimum atomic E-state index is -0.580. The standard InChI is InChI=1S/C24H27N3O4/c28-14-17-19-13-26-18(7-4-8-20(26)29)22(27(19)24(31)16-9-10-16)21(17)23(30)25-12-11-15-5-2-1-3-6-15/h1-8,16-17,19,21-22,28H,9-14H2,(H,25,30)/t17-,19-,21+,22+/m0/s1. The van der Waals surface area contributed by atoms with Gasteiger partial charge in [0.25, 0.3) is 5.56 Å². The first-order valence-electron chi connectivity index (χ1n) is 11.0. The van der Waals surface area contributed by atoms with Gasteiger partial charge < -0.3 is 19.9 Å². The van der Waals surface area contributed by atoms with Crippen LogP contribution in [0.15, 0.2) is 53.3 Å². The van der Waals surface area contributed by atoms with Crippen molar-refractivity contribution in [1.29, 1.82) is 0 Å². The Morgan fingerprint density at radius 3 is 2.55 bits per heavy atom. The van der Waals surface area contributed by atoms with Crippen LogP contribution in [0.25, 0.3) is 0 Å². The summed E-state index contributed by atoms with van der Waals surface area (Å²) in [4.78, 5) is 40.8. The SMILES string of the molecule is O=C(NCCc1ccccc1)[C@@H]1[C@@H](CO)[C@@H]2Cn3c(cccc3=O)[C@H]1N2C(=O)C1CC1. The Hall–Kier alpha value is -2.93. The van der Waals surface area contributed by atoms with Crippen LogP contribution in [0.4, 0.5) is 0 Å². The van der Waals surface area contributed by atoms with E-state index < -0.39 is 17.9 Å². The number of fused-ring (bicyclic) bond motifs is 4. The fourth-order valence-corrected chi connectivity index (χ4v) is 5.29. The molecule has 0 spiro atoms. The largest absolute Gasteiger partial charge is 0.396 e. The van der Waals surface area contributed by atoms with Crippen LogP contribution in [0.1, 0.15) is 30.1 Å². The van der Waals surface area contributed by atoms with Crippen molar-refractivity contribution in [3.63, 3.8) is 0 Å². The van der Waals surface area contributed by atoms with Crippen molar-refractivity contribution in [3.8, 4) is 0 Å². The first-order chi connectivity index (χ1) is 15.1. The van der Waals surface area contributed by atoms with Crippen molar-refractivity contribution in [2.24, 2.45) is 17.8 Å². The monoisotopic (exact) mass is 421 g/mol. The minimum Gasteiger partial charge on any atom is -0.396 e. The van der Waals surface area contributed by atoms with Crippen LogP contribution in [0.5, 0.6) is 0 Å². The molecule has 1 saturated carbocycles. The van der Waals surface area contributed by atoms with E-state index in [1.54, 1.807) is 10.6 Å². The third kappa shape index (κ3) is 3.47. The number of nitrogens with one attached hydrogen (secondary N) is 1.